The maximum Gasteiger partial charge on any atom is 0.406 e. The molecule has 2 N–H and O–H groups in total. The van der Waals surface area contributed by atoms with E-state index in [9.17, 15) is 18.0 Å². The van der Waals surface area contributed by atoms with Crippen molar-refractivity contribution in [3.05, 3.63) is 24.2 Å². The van der Waals surface area contributed by atoms with Gasteiger partial charge in [-0.15, -0.1) is 0 Å². The van der Waals surface area contributed by atoms with E-state index in [-0.39, 0.29) is 18.8 Å². The van der Waals surface area contributed by atoms with Crippen LogP contribution in [0.25, 0.3) is 0 Å². The van der Waals surface area contributed by atoms with Gasteiger partial charge in [-0.25, -0.2) is 0 Å². The van der Waals surface area contributed by atoms with Gasteiger partial charge in [0.1, 0.15) is 6.54 Å². The monoisotopic (exact) mass is 236 g/mol. The molecule has 0 bridgehead atoms. The molecule has 1 aromatic rings. The summed E-state index contributed by atoms with van der Waals surface area (Å²) in [5.41, 5.74) is 5.15. The molecule has 16 heavy (non-hydrogen) atoms. The number of amides is 1. The average molecular weight is 236 g/mol. The molecular weight excluding hydrogens is 225 g/mol. The van der Waals surface area contributed by atoms with Crippen molar-refractivity contribution in [1.29, 1.82) is 0 Å². The van der Waals surface area contributed by atoms with Crippen molar-refractivity contribution in [3.63, 3.8) is 0 Å². The number of halogens is 3. The summed E-state index contributed by atoms with van der Waals surface area (Å²) in [6.45, 7) is -1.54. The Kier molecular flexibility index (Phi) is 3.94. The first-order chi connectivity index (χ1) is 7.44. The highest BCUT2D eigenvalue weighted by Crippen LogP contribution is 2.17. The lowest BCUT2D eigenvalue weighted by atomic mass is 10.3. The van der Waals surface area contributed by atoms with Crippen molar-refractivity contribution >= 4 is 5.91 Å². The fourth-order valence-corrected chi connectivity index (χ4v) is 1.18. The molecule has 7 heteroatoms. The molecule has 0 unspecified atom stereocenters. The first kappa shape index (κ1) is 12.6. The quantitative estimate of drug-likeness (QED) is 0.855. The molecule has 1 rings (SSSR count). The van der Waals surface area contributed by atoms with Gasteiger partial charge in [0.15, 0.2) is 5.76 Å². The second kappa shape index (κ2) is 5.02. The Labute approximate surface area is 89.8 Å². The Bertz CT molecular complexity index is 335. The number of furan rings is 1. The second-order valence-corrected chi connectivity index (χ2v) is 3.11. The Morgan fingerprint density at radius 3 is 2.62 bits per heavy atom. The number of alkyl halides is 3. The van der Waals surface area contributed by atoms with Gasteiger partial charge in [-0.05, 0) is 12.1 Å². The molecule has 0 aliphatic carbocycles. The van der Waals surface area contributed by atoms with E-state index in [4.69, 9.17) is 10.2 Å². The van der Waals surface area contributed by atoms with Crippen LogP contribution < -0.4 is 5.73 Å². The predicted octanol–water partition coefficient (Wildman–Crippen LogP) is 1.24. The summed E-state index contributed by atoms with van der Waals surface area (Å²) in [5, 5.41) is 0. The Hall–Kier alpha value is -1.50. The third-order valence-electron chi connectivity index (χ3n) is 1.79. The number of carbonyl (C=O) groups is 1. The standard InChI is InChI=1S/C9H11F3N2O2/c10-9(11,12)6-14(4-3-13)8(15)7-2-1-5-16-7/h1-2,5H,3-4,6,13H2. The van der Waals surface area contributed by atoms with Crippen LogP contribution in [-0.4, -0.2) is 36.6 Å². The van der Waals surface area contributed by atoms with Crippen molar-refractivity contribution in [1.82, 2.24) is 4.90 Å². The van der Waals surface area contributed by atoms with Gasteiger partial charge >= 0.3 is 6.18 Å². The van der Waals surface area contributed by atoms with Gasteiger partial charge in [-0.1, -0.05) is 0 Å². The van der Waals surface area contributed by atoms with Crippen LogP contribution in [0.1, 0.15) is 10.6 Å². The highest BCUT2D eigenvalue weighted by atomic mass is 19.4. The van der Waals surface area contributed by atoms with E-state index in [1.165, 1.54) is 18.4 Å². The van der Waals surface area contributed by atoms with Gasteiger partial charge in [0, 0.05) is 13.1 Å². The maximum absolute atomic E-state index is 12.2. The summed E-state index contributed by atoms with van der Waals surface area (Å²) in [6, 6.07) is 2.74. The molecule has 0 saturated carbocycles. The van der Waals surface area contributed by atoms with Crippen molar-refractivity contribution < 1.29 is 22.4 Å². The normalized spacial score (nSPS) is 11.5. The highest BCUT2D eigenvalue weighted by molar-refractivity contribution is 5.91. The zero-order chi connectivity index (χ0) is 12.2. The van der Waals surface area contributed by atoms with Crippen molar-refractivity contribution in [2.45, 2.75) is 6.18 Å². The van der Waals surface area contributed by atoms with Gasteiger partial charge in [-0.3, -0.25) is 4.79 Å². The van der Waals surface area contributed by atoms with Gasteiger partial charge in [-0.2, -0.15) is 13.2 Å². The van der Waals surface area contributed by atoms with E-state index in [2.05, 4.69) is 0 Å². The van der Waals surface area contributed by atoms with Crippen LogP contribution in [0.4, 0.5) is 13.2 Å². The number of carbonyl (C=O) groups excluding carboxylic acids is 1. The minimum atomic E-state index is -4.45. The van der Waals surface area contributed by atoms with Gasteiger partial charge in [0.05, 0.1) is 6.26 Å². The van der Waals surface area contributed by atoms with Gasteiger partial charge in [0.25, 0.3) is 5.91 Å². The second-order valence-electron chi connectivity index (χ2n) is 3.11. The molecule has 0 fully saturated rings. The fourth-order valence-electron chi connectivity index (χ4n) is 1.18. The molecule has 1 aromatic heterocycles. The molecule has 0 aliphatic rings. The van der Waals surface area contributed by atoms with E-state index >= 15 is 0 Å². The van der Waals surface area contributed by atoms with Crippen LogP contribution in [0.5, 0.6) is 0 Å². The van der Waals surface area contributed by atoms with E-state index in [0.717, 1.165) is 0 Å². The summed E-state index contributed by atoms with van der Waals surface area (Å²) in [5.74, 6) is -0.939. The van der Waals surface area contributed by atoms with Crippen LogP contribution in [0.15, 0.2) is 22.8 Å². The number of nitrogens with two attached hydrogens (primary N) is 1. The summed E-state index contributed by atoms with van der Waals surface area (Å²) >= 11 is 0. The van der Waals surface area contributed by atoms with Crippen LogP contribution in [-0.2, 0) is 0 Å². The Balaban J connectivity index is 2.74. The lowest BCUT2D eigenvalue weighted by Gasteiger charge is -2.22. The molecule has 1 amide bonds. The number of hydrogen-bond acceptors (Lipinski definition) is 3. The molecule has 90 valence electrons. The van der Waals surface area contributed by atoms with E-state index in [1.807, 2.05) is 0 Å². The molecular formula is C9H11F3N2O2. The topological polar surface area (TPSA) is 59.5 Å². The lowest BCUT2D eigenvalue weighted by molar-refractivity contribution is -0.140. The summed E-state index contributed by atoms with van der Waals surface area (Å²) in [6.07, 6.45) is -3.22. The zero-order valence-corrected chi connectivity index (χ0v) is 8.33. The summed E-state index contributed by atoms with van der Waals surface area (Å²) in [7, 11) is 0. The first-order valence-corrected chi connectivity index (χ1v) is 4.53. The average Bonchev–Trinajstić information content (AvgIpc) is 2.66. The van der Waals surface area contributed by atoms with Crippen LogP contribution >= 0.6 is 0 Å². The number of nitrogens with zero attached hydrogens (tertiary/aromatic N) is 1. The highest BCUT2D eigenvalue weighted by Gasteiger charge is 2.33. The van der Waals surface area contributed by atoms with E-state index in [1.54, 1.807) is 0 Å². The minimum absolute atomic E-state index is 0.0392. The van der Waals surface area contributed by atoms with E-state index in [0.29, 0.717) is 4.90 Å². The molecule has 0 aliphatic heterocycles. The Morgan fingerprint density at radius 1 is 1.50 bits per heavy atom. The summed E-state index contributed by atoms with van der Waals surface area (Å²) in [4.78, 5) is 12.2. The molecule has 0 aromatic carbocycles. The maximum atomic E-state index is 12.2. The fraction of sp³-hybridized carbons (Fsp3) is 0.444. The Morgan fingerprint density at radius 2 is 2.19 bits per heavy atom. The van der Waals surface area contributed by atoms with Crippen LogP contribution in [0.3, 0.4) is 0 Å². The lowest BCUT2D eigenvalue weighted by Crippen LogP contribution is -2.41. The molecule has 0 spiro atoms. The van der Waals surface area contributed by atoms with Crippen LogP contribution in [0, 0.1) is 0 Å². The molecule has 0 atom stereocenters. The summed E-state index contributed by atoms with van der Waals surface area (Å²) < 4.78 is 41.2. The van der Waals surface area contributed by atoms with Gasteiger partial charge < -0.3 is 15.1 Å². The molecule has 0 saturated heterocycles. The number of rotatable bonds is 4. The first-order valence-electron chi connectivity index (χ1n) is 4.53. The number of hydrogen-bond donors (Lipinski definition) is 1. The molecule has 0 radical (unpaired) electrons. The zero-order valence-electron chi connectivity index (χ0n) is 8.33. The van der Waals surface area contributed by atoms with Crippen molar-refractivity contribution in [2.24, 2.45) is 5.73 Å². The SMILES string of the molecule is NCCN(CC(F)(F)F)C(=O)c1ccco1. The van der Waals surface area contributed by atoms with Crippen LogP contribution in [0.2, 0.25) is 0 Å². The molecule has 1 heterocycles. The molecule has 4 nitrogen and oxygen atoms in total. The predicted molar refractivity (Wildman–Crippen MR) is 49.7 cm³/mol. The van der Waals surface area contributed by atoms with Gasteiger partial charge in [0.2, 0.25) is 0 Å². The van der Waals surface area contributed by atoms with E-state index < -0.39 is 18.6 Å². The largest absolute Gasteiger partial charge is 0.459 e. The van der Waals surface area contributed by atoms with Crippen molar-refractivity contribution in [2.75, 3.05) is 19.6 Å². The smallest absolute Gasteiger partial charge is 0.406 e. The minimum Gasteiger partial charge on any atom is -0.459 e. The third kappa shape index (κ3) is 3.58. The third-order valence-corrected chi connectivity index (χ3v) is 1.79. The van der Waals surface area contributed by atoms with Crippen molar-refractivity contribution in [3.8, 4) is 0 Å².